The molecule has 0 unspecified atom stereocenters. The third kappa shape index (κ3) is 3.03. The molecule has 1 aliphatic carbocycles. The number of anilines is 1. The van der Waals surface area contributed by atoms with Crippen LogP contribution >= 0.6 is 0 Å². The van der Waals surface area contributed by atoms with Gasteiger partial charge in [-0.1, -0.05) is 12.8 Å². The summed E-state index contributed by atoms with van der Waals surface area (Å²) in [5.41, 5.74) is 2.73. The first-order valence-corrected chi connectivity index (χ1v) is 8.96. The van der Waals surface area contributed by atoms with Gasteiger partial charge in [0.15, 0.2) is 0 Å². The fraction of sp³-hybridized carbons (Fsp3) is 0.421. The van der Waals surface area contributed by atoms with Crippen molar-refractivity contribution in [1.82, 2.24) is 14.7 Å². The molecular formula is C19H20FN5O. The maximum absolute atomic E-state index is 13.4. The molecule has 1 aliphatic heterocycles. The molecule has 134 valence electrons. The van der Waals surface area contributed by atoms with Gasteiger partial charge in [0.1, 0.15) is 11.9 Å². The van der Waals surface area contributed by atoms with Gasteiger partial charge in [-0.15, -0.1) is 0 Å². The second kappa shape index (κ2) is 6.79. The maximum atomic E-state index is 13.4. The number of hydrogen-bond acceptors (Lipinski definition) is 3. The number of benzene rings is 1. The summed E-state index contributed by atoms with van der Waals surface area (Å²) < 4.78 is 15.4. The molecule has 0 saturated heterocycles. The van der Waals surface area contributed by atoms with Gasteiger partial charge in [-0.2, -0.15) is 10.4 Å². The highest BCUT2D eigenvalue weighted by Gasteiger charge is 2.28. The predicted octanol–water partition coefficient (Wildman–Crippen LogP) is 3.60. The van der Waals surface area contributed by atoms with Crippen molar-refractivity contribution < 1.29 is 9.18 Å². The number of hydrogen-bond donors (Lipinski definition) is 1. The summed E-state index contributed by atoms with van der Waals surface area (Å²) in [6.45, 7) is 1.75. The lowest BCUT2D eigenvalue weighted by molar-refractivity contribution is 0.194. The summed E-state index contributed by atoms with van der Waals surface area (Å²) in [6, 6.07) is 5.55. The second-order valence-electron chi connectivity index (χ2n) is 6.91. The second-order valence-corrected chi connectivity index (χ2v) is 6.91. The number of carbonyl (C=O) groups excluding carboxylic acids is 1. The Kier molecular flexibility index (Phi) is 4.33. The van der Waals surface area contributed by atoms with Crippen LogP contribution in [-0.4, -0.2) is 27.3 Å². The molecule has 1 fully saturated rings. The first-order valence-electron chi connectivity index (χ1n) is 8.96. The van der Waals surface area contributed by atoms with Gasteiger partial charge in [0, 0.05) is 12.2 Å². The van der Waals surface area contributed by atoms with Crippen molar-refractivity contribution in [3.63, 3.8) is 0 Å². The minimum absolute atomic E-state index is 0.0805. The van der Waals surface area contributed by atoms with E-state index in [2.05, 4.69) is 10.4 Å². The van der Waals surface area contributed by atoms with E-state index in [0.717, 1.165) is 5.69 Å². The van der Waals surface area contributed by atoms with E-state index < -0.39 is 5.82 Å². The van der Waals surface area contributed by atoms with Crippen molar-refractivity contribution in [2.24, 2.45) is 0 Å². The normalized spacial score (nSPS) is 17.0. The standard InChI is InChI=1S/C19H20FN5O/c20-17-6-5-15(9-14(17)10-21)23-19(26)24-7-8-25-18(12-24)16(11-22-25)13-3-1-2-4-13/h5-6,9,11,13H,1-4,7-8,12H2,(H,23,26). The zero-order chi connectivity index (χ0) is 18.1. The van der Waals surface area contributed by atoms with Crippen LogP contribution in [0.2, 0.25) is 0 Å². The lowest BCUT2D eigenvalue weighted by atomic mass is 9.97. The molecule has 2 aliphatic rings. The molecule has 2 amide bonds. The molecule has 7 heteroatoms. The Hall–Kier alpha value is -2.88. The smallest absolute Gasteiger partial charge is 0.317 e. The van der Waals surface area contributed by atoms with Crippen molar-refractivity contribution in [2.75, 3.05) is 11.9 Å². The van der Waals surface area contributed by atoms with Gasteiger partial charge in [0.05, 0.1) is 30.5 Å². The number of halogens is 1. The zero-order valence-electron chi connectivity index (χ0n) is 14.4. The van der Waals surface area contributed by atoms with Crippen LogP contribution in [0.25, 0.3) is 0 Å². The lowest BCUT2D eigenvalue weighted by Crippen LogP contribution is -2.41. The summed E-state index contributed by atoms with van der Waals surface area (Å²) in [7, 11) is 0. The van der Waals surface area contributed by atoms with Gasteiger partial charge < -0.3 is 10.2 Å². The third-order valence-corrected chi connectivity index (χ3v) is 5.32. The fourth-order valence-electron chi connectivity index (χ4n) is 3.91. The SMILES string of the molecule is N#Cc1cc(NC(=O)N2CCn3ncc(C4CCCC4)c3C2)ccc1F. The minimum atomic E-state index is -0.589. The largest absolute Gasteiger partial charge is 0.322 e. The number of urea groups is 1. The van der Waals surface area contributed by atoms with Crippen LogP contribution < -0.4 is 5.32 Å². The highest BCUT2D eigenvalue weighted by molar-refractivity contribution is 5.89. The molecule has 2 aromatic rings. The number of carbonyl (C=O) groups is 1. The Balaban J connectivity index is 1.49. The van der Waals surface area contributed by atoms with Crippen LogP contribution in [0.1, 0.15) is 48.4 Å². The zero-order valence-corrected chi connectivity index (χ0v) is 14.4. The molecule has 1 aromatic heterocycles. The monoisotopic (exact) mass is 353 g/mol. The number of amides is 2. The molecule has 4 rings (SSSR count). The van der Waals surface area contributed by atoms with E-state index in [1.165, 1.54) is 49.4 Å². The molecule has 6 nitrogen and oxygen atoms in total. The molecular weight excluding hydrogens is 333 g/mol. The molecule has 26 heavy (non-hydrogen) atoms. The number of aromatic nitrogens is 2. The molecule has 0 bridgehead atoms. The van der Waals surface area contributed by atoms with E-state index >= 15 is 0 Å². The number of nitrogens with zero attached hydrogens (tertiary/aromatic N) is 4. The fourth-order valence-corrected chi connectivity index (χ4v) is 3.91. The number of fused-ring (bicyclic) bond motifs is 1. The van der Waals surface area contributed by atoms with Crippen molar-refractivity contribution in [3.05, 3.63) is 47.0 Å². The lowest BCUT2D eigenvalue weighted by Gasteiger charge is -2.29. The highest BCUT2D eigenvalue weighted by atomic mass is 19.1. The van der Waals surface area contributed by atoms with Gasteiger partial charge in [-0.05, 0) is 42.5 Å². The van der Waals surface area contributed by atoms with E-state index in [4.69, 9.17) is 5.26 Å². The Bertz CT molecular complexity index is 879. The number of nitrogens with one attached hydrogen (secondary N) is 1. The summed E-state index contributed by atoms with van der Waals surface area (Å²) >= 11 is 0. The molecule has 0 atom stereocenters. The number of nitriles is 1. The molecule has 0 spiro atoms. The van der Waals surface area contributed by atoms with Gasteiger partial charge >= 0.3 is 6.03 Å². The Morgan fingerprint density at radius 3 is 2.88 bits per heavy atom. The summed E-state index contributed by atoms with van der Waals surface area (Å²) in [6.07, 6.45) is 6.86. The Morgan fingerprint density at radius 1 is 1.31 bits per heavy atom. The van der Waals surface area contributed by atoms with E-state index in [0.29, 0.717) is 31.2 Å². The molecule has 1 N–H and O–H groups in total. The maximum Gasteiger partial charge on any atom is 0.322 e. The average Bonchev–Trinajstić information content (AvgIpc) is 3.31. The van der Waals surface area contributed by atoms with Crippen molar-refractivity contribution in [1.29, 1.82) is 5.26 Å². The average molecular weight is 353 g/mol. The Morgan fingerprint density at radius 2 is 2.12 bits per heavy atom. The molecule has 2 heterocycles. The topological polar surface area (TPSA) is 74.0 Å². The van der Waals surface area contributed by atoms with Crippen molar-refractivity contribution in [3.8, 4) is 6.07 Å². The first-order chi connectivity index (χ1) is 12.7. The predicted molar refractivity (Wildman–Crippen MR) is 94.0 cm³/mol. The number of rotatable bonds is 2. The van der Waals surface area contributed by atoms with Crippen LogP contribution in [0.5, 0.6) is 0 Å². The molecule has 1 aromatic carbocycles. The van der Waals surface area contributed by atoms with E-state index in [-0.39, 0.29) is 11.6 Å². The summed E-state index contributed by atoms with van der Waals surface area (Å²) in [5, 5.41) is 16.2. The van der Waals surface area contributed by atoms with Crippen LogP contribution in [0.3, 0.4) is 0 Å². The molecule has 0 radical (unpaired) electrons. The Labute approximate surface area is 151 Å². The van der Waals surface area contributed by atoms with Crippen molar-refractivity contribution >= 4 is 11.7 Å². The van der Waals surface area contributed by atoms with Gasteiger partial charge in [0.25, 0.3) is 0 Å². The van der Waals surface area contributed by atoms with Crippen LogP contribution in [0, 0.1) is 17.1 Å². The van der Waals surface area contributed by atoms with Crippen LogP contribution in [0.4, 0.5) is 14.9 Å². The van der Waals surface area contributed by atoms with E-state index in [9.17, 15) is 9.18 Å². The first kappa shape index (κ1) is 16.6. The van der Waals surface area contributed by atoms with Gasteiger partial charge in [-0.25, -0.2) is 9.18 Å². The van der Waals surface area contributed by atoms with Crippen LogP contribution in [0.15, 0.2) is 24.4 Å². The van der Waals surface area contributed by atoms with Crippen molar-refractivity contribution in [2.45, 2.75) is 44.7 Å². The van der Waals surface area contributed by atoms with Crippen LogP contribution in [-0.2, 0) is 13.1 Å². The minimum Gasteiger partial charge on any atom is -0.317 e. The van der Waals surface area contributed by atoms with E-state index in [1.54, 1.807) is 11.0 Å². The highest BCUT2D eigenvalue weighted by Crippen LogP contribution is 2.36. The summed E-state index contributed by atoms with van der Waals surface area (Å²) in [4.78, 5) is 14.4. The van der Waals surface area contributed by atoms with Gasteiger partial charge in [-0.3, -0.25) is 4.68 Å². The summed E-state index contributed by atoms with van der Waals surface area (Å²) in [5.74, 6) is -0.0365. The molecule has 1 saturated carbocycles. The van der Waals surface area contributed by atoms with Gasteiger partial charge in [0.2, 0.25) is 0 Å². The van der Waals surface area contributed by atoms with E-state index in [1.807, 2.05) is 10.9 Å². The quantitative estimate of drug-likeness (QED) is 0.896. The third-order valence-electron chi connectivity index (χ3n) is 5.32.